The van der Waals surface area contributed by atoms with E-state index in [0.29, 0.717) is 0 Å². The van der Waals surface area contributed by atoms with Gasteiger partial charge in [-0.2, -0.15) is 0 Å². The molecule has 0 aliphatic rings. The van der Waals surface area contributed by atoms with E-state index in [0.717, 1.165) is 6.61 Å². The fourth-order valence-corrected chi connectivity index (χ4v) is 5.94. The number of hydrogen-bond acceptors (Lipinski definition) is 4. The second-order valence-electron chi connectivity index (χ2n) is 7.27. The molecular formula is C20H47N3OSi. The summed E-state index contributed by atoms with van der Waals surface area (Å²) in [6.07, 6.45) is 3.73. The van der Waals surface area contributed by atoms with Gasteiger partial charge >= 0.3 is 0 Å². The Balaban J connectivity index is 4.57. The zero-order chi connectivity index (χ0) is 19.1. The van der Waals surface area contributed by atoms with Crippen LogP contribution in [0.3, 0.4) is 0 Å². The van der Waals surface area contributed by atoms with Crippen LogP contribution in [0.2, 0.25) is 12.6 Å². The Morgan fingerprint density at radius 3 is 1.36 bits per heavy atom. The summed E-state index contributed by atoms with van der Waals surface area (Å²) in [7, 11) is -1.58. The molecule has 25 heavy (non-hydrogen) atoms. The van der Waals surface area contributed by atoms with Gasteiger partial charge in [-0.05, 0) is 84.7 Å². The topological polar surface area (TPSA) is 19.0 Å². The van der Waals surface area contributed by atoms with E-state index in [1.807, 2.05) is 0 Å². The molecule has 1 unspecified atom stereocenters. The Labute approximate surface area is 160 Å². The molecule has 0 bridgehead atoms. The quantitative estimate of drug-likeness (QED) is 0.360. The van der Waals surface area contributed by atoms with E-state index in [-0.39, 0.29) is 0 Å². The van der Waals surface area contributed by atoms with Crippen molar-refractivity contribution in [3.63, 3.8) is 0 Å². The van der Waals surface area contributed by atoms with Crippen LogP contribution in [0.4, 0.5) is 0 Å². The molecule has 0 rings (SSSR count). The molecule has 0 amide bonds. The molecule has 0 spiro atoms. The third-order valence-electron chi connectivity index (χ3n) is 5.48. The first-order valence-electron chi connectivity index (χ1n) is 10.8. The van der Waals surface area contributed by atoms with E-state index in [4.69, 9.17) is 4.43 Å². The van der Waals surface area contributed by atoms with Crippen LogP contribution in [0, 0.1) is 0 Å². The number of hydrogen-bond donors (Lipinski definition) is 0. The van der Waals surface area contributed by atoms with Crippen molar-refractivity contribution in [2.45, 2.75) is 67.0 Å². The van der Waals surface area contributed by atoms with Crippen LogP contribution in [0.25, 0.3) is 0 Å². The van der Waals surface area contributed by atoms with Crippen molar-refractivity contribution in [1.29, 1.82) is 0 Å². The lowest BCUT2D eigenvalue weighted by Crippen LogP contribution is -2.48. The Hall–Kier alpha value is 0.0569. The normalized spacial score (nSPS) is 14.6. The second-order valence-corrected chi connectivity index (χ2v) is 11.5. The molecule has 0 aromatic carbocycles. The Morgan fingerprint density at radius 1 is 0.640 bits per heavy atom. The molecule has 152 valence electrons. The predicted molar refractivity (Wildman–Crippen MR) is 115 cm³/mol. The summed E-state index contributed by atoms with van der Waals surface area (Å²) in [6.45, 7) is 26.3. The van der Waals surface area contributed by atoms with Gasteiger partial charge in [-0.25, -0.2) is 0 Å². The monoisotopic (exact) mass is 373 g/mol. The molecule has 0 heterocycles. The van der Waals surface area contributed by atoms with Gasteiger partial charge in [0.1, 0.15) is 0 Å². The number of rotatable bonds is 17. The highest BCUT2D eigenvalue weighted by molar-refractivity contribution is 6.72. The first-order valence-corrected chi connectivity index (χ1v) is 13.6. The summed E-state index contributed by atoms with van der Waals surface area (Å²) in [5.41, 5.74) is 0. The Kier molecular flexibility index (Phi) is 15.2. The fraction of sp³-hybridized carbons (Fsp3) is 1.00. The molecule has 5 heteroatoms. The molecule has 0 aromatic heterocycles. The van der Waals surface area contributed by atoms with Crippen molar-refractivity contribution < 1.29 is 4.43 Å². The standard InChI is InChI=1S/C20H47N3OSi/c1-8-21(9-2)16-14-18-23(19-15-17-22(10-3)11-4)20-25(7,13-6)24-12-5/h8-20H2,1-7H3. The maximum Gasteiger partial charge on any atom is 0.203 e. The third-order valence-corrected chi connectivity index (χ3v) is 9.08. The van der Waals surface area contributed by atoms with Crippen molar-refractivity contribution in [1.82, 2.24) is 14.7 Å². The smallest absolute Gasteiger partial charge is 0.203 e. The fourth-order valence-electron chi connectivity index (χ4n) is 3.47. The highest BCUT2D eigenvalue weighted by Gasteiger charge is 2.29. The molecule has 0 aromatic rings. The van der Waals surface area contributed by atoms with Crippen molar-refractivity contribution in [3.8, 4) is 0 Å². The highest BCUT2D eigenvalue weighted by Crippen LogP contribution is 2.14. The van der Waals surface area contributed by atoms with Crippen molar-refractivity contribution in [2.24, 2.45) is 0 Å². The average molecular weight is 374 g/mol. The van der Waals surface area contributed by atoms with E-state index in [9.17, 15) is 0 Å². The van der Waals surface area contributed by atoms with E-state index in [1.54, 1.807) is 0 Å². The Bertz CT molecular complexity index is 281. The van der Waals surface area contributed by atoms with Gasteiger partial charge in [0, 0.05) is 12.8 Å². The minimum absolute atomic E-state index is 0.864. The van der Waals surface area contributed by atoms with Crippen LogP contribution in [0.1, 0.15) is 54.4 Å². The minimum Gasteiger partial charge on any atom is -0.416 e. The second kappa shape index (κ2) is 15.1. The third kappa shape index (κ3) is 11.4. The lowest BCUT2D eigenvalue weighted by atomic mass is 10.3. The van der Waals surface area contributed by atoms with E-state index in [2.05, 4.69) is 62.8 Å². The molecule has 0 aliphatic heterocycles. The number of nitrogens with zero attached hydrogens (tertiary/aromatic N) is 3. The SMILES string of the molecule is CCO[Si](C)(CC)CN(CCCN(CC)CC)CCCN(CC)CC. The van der Waals surface area contributed by atoms with Gasteiger partial charge in [0.2, 0.25) is 8.32 Å². The molecule has 1 atom stereocenters. The Morgan fingerprint density at radius 2 is 1.04 bits per heavy atom. The first kappa shape index (κ1) is 25.1. The van der Waals surface area contributed by atoms with Crippen LogP contribution < -0.4 is 0 Å². The van der Waals surface area contributed by atoms with Gasteiger partial charge in [-0.15, -0.1) is 0 Å². The van der Waals surface area contributed by atoms with E-state index >= 15 is 0 Å². The van der Waals surface area contributed by atoms with Crippen molar-refractivity contribution in [2.75, 3.05) is 65.1 Å². The molecule has 0 saturated heterocycles. The van der Waals surface area contributed by atoms with Gasteiger partial charge in [0.05, 0.1) is 0 Å². The molecule has 0 N–H and O–H groups in total. The van der Waals surface area contributed by atoms with Gasteiger partial charge in [-0.1, -0.05) is 34.6 Å². The summed E-state index contributed by atoms with van der Waals surface area (Å²) in [5, 5.41) is 0. The maximum absolute atomic E-state index is 6.23. The lowest BCUT2D eigenvalue weighted by Gasteiger charge is -2.33. The lowest BCUT2D eigenvalue weighted by molar-refractivity contribution is 0.221. The molecule has 0 aliphatic carbocycles. The molecular weight excluding hydrogens is 326 g/mol. The summed E-state index contributed by atoms with van der Waals surface area (Å²) >= 11 is 0. The van der Waals surface area contributed by atoms with E-state index in [1.165, 1.54) is 77.4 Å². The molecule has 0 radical (unpaired) electrons. The summed E-state index contributed by atoms with van der Waals surface area (Å²) in [5.74, 6) is 0. The largest absolute Gasteiger partial charge is 0.416 e. The zero-order valence-electron chi connectivity index (χ0n) is 18.4. The van der Waals surface area contributed by atoms with Gasteiger partial charge in [0.15, 0.2) is 0 Å². The molecule has 0 fully saturated rings. The summed E-state index contributed by atoms with van der Waals surface area (Å²) in [6, 6.07) is 1.21. The molecule has 4 nitrogen and oxygen atoms in total. The van der Waals surface area contributed by atoms with Crippen LogP contribution in [-0.4, -0.2) is 88.2 Å². The van der Waals surface area contributed by atoms with Gasteiger partial charge < -0.3 is 19.1 Å². The van der Waals surface area contributed by atoms with Crippen LogP contribution in [0.15, 0.2) is 0 Å². The minimum atomic E-state index is -1.58. The summed E-state index contributed by atoms with van der Waals surface area (Å²) < 4.78 is 6.23. The predicted octanol–water partition coefficient (Wildman–Crippen LogP) is 3.92. The summed E-state index contributed by atoms with van der Waals surface area (Å²) in [4.78, 5) is 7.78. The van der Waals surface area contributed by atoms with E-state index < -0.39 is 8.32 Å². The van der Waals surface area contributed by atoms with Gasteiger partial charge in [-0.3, -0.25) is 0 Å². The highest BCUT2D eigenvalue weighted by atomic mass is 28.4. The van der Waals surface area contributed by atoms with Crippen molar-refractivity contribution in [3.05, 3.63) is 0 Å². The van der Waals surface area contributed by atoms with Crippen LogP contribution in [-0.2, 0) is 4.43 Å². The van der Waals surface area contributed by atoms with Gasteiger partial charge in [0.25, 0.3) is 0 Å². The zero-order valence-corrected chi connectivity index (χ0v) is 19.4. The first-order chi connectivity index (χ1) is 12.0. The molecule has 0 saturated carbocycles. The average Bonchev–Trinajstić information content (AvgIpc) is 2.62. The maximum atomic E-state index is 6.23. The van der Waals surface area contributed by atoms with Crippen molar-refractivity contribution >= 4 is 8.32 Å². The van der Waals surface area contributed by atoms with Crippen LogP contribution in [0.5, 0.6) is 0 Å². The van der Waals surface area contributed by atoms with Crippen LogP contribution >= 0.6 is 0 Å².